The van der Waals surface area contributed by atoms with Gasteiger partial charge in [-0.25, -0.2) is 8.42 Å². The van der Waals surface area contributed by atoms with Gasteiger partial charge in [-0.3, -0.25) is 19.2 Å². The average Bonchev–Trinajstić information content (AvgIpc) is 3.37. The highest BCUT2D eigenvalue weighted by Crippen LogP contribution is 2.43. The Morgan fingerprint density at radius 3 is 2.12 bits per heavy atom. The van der Waals surface area contributed by atoms with Gasteiger partial charge in [-0.15, -0.1) is 0 Å². The molecule has 9 nitrogen and oxygen atoms in total. The van der Waals surface area contributed by atoms with Crippen molar-refractivity contribution in [1.82, 2.24) is 4.90 Å². The van der Waals surface area contributed by atoms with Gasteiger partial charge in [-0.05, 0) is 87.7 Å². The molecule has 6 rings (SSSR count). The zero-order valence-electron chi connectivity index (χ0n) is 25.0. The number of rotatable bonds is 8. The maximum Gasteiger partial charge on any atom is 0.254 e. The van der Waals surface area contributed by atoms with Gasteiger partial charge in [-0.2, -0.15) is 0 Å². The van der Waals surface area contributed by atoms with Crippen LogP contribution in [0.4, 0.5) is 22.7 Å². The number of carbonyl (C=O) groups is 2. The number of nitrogens with zero attached hydrogens (tertiary/aromatic N) is 4. The van der Waals surface area contributed by atoms with Crippen LogP contribution >= 0.6 is 0 Å². The maximum atomic E-state index is 14.2. The van der Waals surface area contributed by atoms with Crippen molar-refractivity contribution >= 4 is 44.6 Å². The Bertz CT molecular complexity index is 1620. The van der Waals surface area contributed by atoms with E-state index >= 15 is 0 Å². The van der Waals surface area contributed by atoms with E-state index in [2.05, 4.69) is 32.7 Å². The number of piperidine rings is 1. The van der Waals surface area contributed by atoms with E-state index in [4.69, 9.17) is 0 Å². The second kappa shape index (κ2) is 11.0. The Morgan fingerprint density at radius 1 is 0.791 bits per heavy atom. The van der Waals surface area contributed by atoms with Crippen LogP contribution in [0, 0.1) is 0 Å². The molecule has 0 aromatic heterocycles. The second-order valence-electron chi connectivity index (χ2n) is 12.4. The highest BCUT2D eigenvalue weighted by atomic mass is 32.2. The summed E-state index contributed by atoms with van der Waals surface area (Å²) in [4.78, 5) is 35.8. The molecule has 3 aromatic rings. The first-order valence-corrected chi connectivity index (χ1v) is 16.8. The molecule has 2 amide bonds. The number of carbonyl (C=O) groups excluding carboxylic acids is 2. The zero-order valence-corrected chi connectivity index (χ0v) is 25.8. The van der Waals surface area contributed by atoms with Crippen LogP contribution in [0.3, 0.4) is 0 Å². The number of benzene rings is 3. The molecule has 3 heterocycles. The number of fused-ring (bicyclic) bond motifs is 1. The molecule has 3 aromatic carbocycles. The Kier molecular flexibility index (Phi) is 7.46. The normalized spacial score (nSPS) is 19.7. The topological polar surface area (TPSA) is 93.3 Å². The second-order valence-corrected chi connectivity index (χ2v) is 14.1. The van der Waals surface area contributed by atoms with Crippen molar-refractivity contribution in [2.24, 2.45) is 0 Å². The lowest BCUT2D eigenvalue weighted by Gasteiger charge is -2.43. The van der Waals surface area contributed by atoms with E-state index in [0.29, 0.717) is 31.7 Å². The Balaban J connectivity index is 1.14. The molecule has 43 heavy (non-hydrogen) atoms. The molecule has 1 spiro atoms. The van der Waals surface area contributed by atoms with Gasteiger partial charge in [0.2, 0.25) is 15.9 Å². The van der Waals surface area contributed by atoms with E-state index in [9.17, 15) is 18.0 Å². The molecule has 3 aliphatic heterocycles. The van der Waals surface area contributed by atoms with Gasteiger partial charge in [0.25, 0.3) is 5.91 Å². The molecule has 2 fully saturated rings. The van der Waals surface area contributed by atoms with Crippen molar-refractivity contribution in [1.29, 1.82) is 0 Å². The average molecular weight is 602 g/mol. The predicted octanol–water partition coefficient (Wildman–Crippen LogP) is 4.42. The van der Waals surface area contributed by atoms with Crippen LogP contribution in [0.15, 0.2) is 78.9 Å². The smallest absolute Gasteiger partial charge is 0.254 e. The number of para-hydroxylation sites is 2. The third-order valence-electron chi connectivity index (χ3n) is 9.18. The summed E-state index contributed by atoms with van der Waals surface area (Å²) in [5, 5.41) is 0. The fourth-order valence-corrected chi connectivity index (χ4v) is 7.44. The maximum absolute atomic E-state index is 14.2. The largest absolute Gasteiger partial charge is 0.338 e. The molecule has 2 saturated heterocycles. The molecular formula is C33H39N5O4S. The zero-order chi connectivity index (χ0) is 30.4. The summed E-state index contributed by atoms with van der Waals surface area (Å²) in [6.45, 7) is 7.54. The van der Waals surface area contributed by atoms with Crippen LogP contribution in [0.25, 0.3) is 0 Å². The van der Waals surface area contributed by atoms with Crippen molar-refractivity contribution in [3.8, 4) is 0 Å². The van der Waals surface area contributed by atoms with Gasteiger partial charge >= 0.3 is 0 Å². The van der Waals surface area contributed by atoms with Crippen LogP contribution in [-0.2, 0) is 25.0 Å². The number of nitrogens with one attached hydrogen (secondary N) is 1. The van der Waals surface area contributed by atoms with E-state index in [1.165, 1.54) is 0 Å². The number of hydrogen-bond donors (Lipinski definition) is 1. The van der Waals surface area contributed by atoms with E-state index in [1.807, 2.05) is 60.0 Å². The number of sulfonamides is 1. The predicted molar refractivity (Wildman–Crippen MR) is 171 cm³/mol. The number of anilines is 4. The Hall–Kier alpha value is -3.89. The molecule has 0 bridgehead atoms. The Morgan fingerprint density at radius 2 is 1.44 bits per heavy atom. The summed E-state index contributed by atoms with van der Waals surface area (Å²) < 4.78 is 25.8. The minimum Gasteiger partial charge on any atom is -0.338 e. The lowest BCUT2D eigenvalue weighted by atomic mass is 9.85. The van der Waals surface area contributed by atoms with Gasteiger partial charge in [0.15, 0.2) is 0 Å². The van der Waals surface area contributed by atoms with Gasteiger partial charge in [0.1, 0.15) is 5.54 Å². The van der Waals surface area contributed by atoms with Crippen molar-refractivity contribution < 1.29 is 18.0 Å². The van der Waals surface area contributed by atoms with Crippen LogP contribution in [-0.4, -0.2) is 69.8 Å². The third kappa shape index (κ3) is 5.38. The van der Waals surface area contributed by atoms with E-state index < -0.39 is 21.0 Å². The first kappa shape index (κ1) is 29.2. The minimum absolute atomic E-state index is 0.0707. The number of likely N-dealkylation sites (tertiary alicyclic amines) is 1. The van der Waals surface area contributed by atoms with Crippen molar-refractivity contribution in [3.05, 3.63) is 84.4 Å². The van der Waals surface area contributed by atoms with Gasteiger partial charge in [0, 0.05) is 42.4 Å². The molecule has 0 saturated carbocycles. The Labute approximate surface area is 254 Å². The standard InChI is InChI=1S/C33H39N5O4S/c1-32(2)28-12-7-8-13-29(28)36(30(32)39)21-9-20-35-22-18-33(19-23-35)31(40)37(24-38(33)27-10-5-4-6-11-27)26-16-14-25(15-17-26)34-43(3,41)42/h4-8,10-17,34H,9,18-24H2,1-3H3. The quantitative estimate of drug-likeness (QED) is 0.411. The molecule has 3 aliphatic rings. The first-order valence-electron chi connectivity index (χ1n) is 14.9. The number of amides is 2. The molecular weight excluding hydrogens is 562 g/mol. The summed E-state index contributed by atoms with van der Waals surface area (Å²) in [5.41, 5.74) is 3.16. The molecule has 10 heteroatoms. The van der Waals surface area contributed by atoms with Crippen molar-refractivity contribution in [2.45, 2.75) is 44.1 Å². The highest BCUT2D eigenvalue weighted by Gasteiger charge is 2.54. The van der Waals surface area contributed by atoms with E-state index in [0.717, 1.165) is 54.9 Å². The van der Waals surface area contributed by atoms with E-state index in [-0.39, 0.29) is 11.8 Å². The molecule has 226 valence electrons. The third-order valence-corrected chi connectivity index (χ3v) is 9.79. The summed E-state index contributed by atoms with van der Waals surface area (Å²) in [5.74, 6) is 0.225. The monoisotopic (exact) mass is 601 g/mol. The summed E-state index contributed by atoms with van der Waals surface area (Å²) >= 11 is 0. The van der Waals surface area contributed by atoms with Crippen LogP contribution in [0.2, 0.25) is 0 Å². The van der Waals surface area contributed by atoms with E-state index in [1.54, 1.807) is 24.3 Å². The fourth-order valence-electron chi connectivity index (χ4n) is 6.87. The van der Waals surface area contributed by atoms with Crippen LogP contribution < -0.4 is 19.4 Å². The van der Waals surface area contributed by atoms with Gasteiger partial charge in [0.05, 0.1) is 18.3 Å². The molecule has 0 atom stereocenters. The summed E-state index contributed by atoms with van der Waals surface area (Å²) in [6, 6.07) is 25.1. The molecule has 0 aliphatic carbocycles. The van der Waals surface area contributed by atoms with Gasteiger partial charge in [-0.1, -0.05) is 36.4 Å². The number of hydrogen-bond acceptors (Lipinski definition) is 6. The van der Waals surface area contributed by atoms with Gasteiger partial charge < -0.3 is 14.7 Å². The minimum atomic E-state index is -3.39. The SMILES string of the molecule is CC1(C)C(=O)N(CCCN2CCC3(CC2)C(=O)N(c2ccc(NS(C)(=O)=O)cc2)CN3c2ccccc2)c2ccccc21. The molecule has 1 N–H and O–H groups in total. The lowest BCUT2D eigenvalue weighted by molar-refractivity contribution is -0.123. The molecule has 0 unspecified atom stereocenters. The van der Waals surface area contributed by atoms with Crippen LogP contribution in [0.1, 0.15) is 38.7 Å². The van der Waals surface area contributed by atoms with Crippen molar-refractivity contribution in [3.63, 3.8) is 0 Å². The summed E-state index contributed by atoms with van der Waals surface area (Å²) in [7, 11) is -3.39. The van der Waals surface area contributed by atoms with Crippen LogP contribution in [0.5, 0.6) is 0 Å². The molecule has 0 radical (unpaired) electrons. The first-order chi connectivity index (χ1) is 20.5. The lowest BCUT2D eigenvalue weighted by Crippen LogP contribution is -2.56. The fraction of sp³-hybridized carbons (Fsp3) is 0.394. The summed E-state index contributed by atoms with van der Waals surface area (Å²) in [6.07, 6.45) is 3.37. The highest BCUT2D eigenvalue weighted by molar-refractivity contribution is 7.92. The van der Waals surface area contributed by atoms with Crippen molar-refractivity contribution in [2.75, 3.05) is 58.5 Å².